The predicted molar refractivity (Wildman–Crippen MR) is 99.9 cm³/mol. The number of carbonyl (C=O) groups is 2. The van der Waals surface area contributed by atoms with Crippen LogP contribution in [0, 0.1) is 5.82 Å². The lowest BCUT2D eigenvalue weighted by molar-refractivity contribution is -0.119. The van der Waals surface area contributed by atoms with E-state index in [1.807, 2.05) is 45.9 Å². The number of hydrogen-bond donors (Lipinski definition) is 1. The maximum absolute atomic E-state index is 13.6. The molecule has 2 rings (SSSR count). The van der Waals surface area contributed by atoms with Gasteiger partial charge in [-0.3, -0.25) is 4.79 Å². The molecule has 26 heavy (non-hydrogen) atoms. The third-order valence-electron chi connectivity index (χ3n) is 4.07. The Morgan fingerprint density at radius 1 is 0.962 bits per heavy atom. The maximum Gasteiger partial charge on any atom is 0.341 e. The summed E-state index contributed by atoms with van der Waals surface area (Å²) in [7, 11) is 0. The molecule has 0 heterocycles. The monoisotopic (exact) mass is 357 g/mol. The van der Waals surface area contributed by atoms with Crippen molar-refractivity contribution in [1.29, 1.82) is 0 Å². The Morgan fingerprint density at radius 2 is 1.54 bits per heavy atom. The van der Waals surface area contributed by atoms with E-state index >= 15 is 0 Å². The molecule has 4 nitrogen and oxygen atoms in total. The van der Waals surface area contributed by atoms with Crippen LogP contribution in [0.15, 0.2) is 42.5 Å². The third-order valence-corrected chi connectivity index (χ3v) is 4.07. The second kappa shape index (κ2) is 8.61. The van der Waals surface area contributed by atoms with Crippen LogP contribution in [0.1, 0.15) is 61.0 Å². The van der Waals surface area contributed by atoms with Crippen LogP contribution in [0.4, 0.5) is 10.1 Å². The zero-order chi connectivity index (χ0) is 19.3. The first-order chi connectivity index (χ1) is 12.3. The van der Waals surface area contributed by atoms with E-state index in [1.165, 1.54) is 24.3 Å². The van der Waals surface area contributed by atoms with Crippen LogP contribution in [-0.4, -0.2) is 18.5 Å². The molecule has 2 aromatic carbocycles. The quantitative estimate of drug-likeness (QED) is 0.751. The number of hydrogen-bond acceptors (Lipinski definition) is 3. The van der Waals surface area contributed by atoms with Gasteiger partial charge in [-0.05, 0) is 35.1 Å². The van der Waals surface area contributed by atoms with Crippen molar-refractivity contribution in [3.8, 4) is 0 Å². The average Bonchev–Trinajstić information content (AvgIpc) is 2.59. The van der Waals surface area contributed by atoms with Crippen LogP contribution in [-0.2, 0) is 9.53 Å². The number of anilines is 1. The first-order valence-corrected chi connectivity index (χ1v) is 8.65. The fourth-order valence-corrected chi connectivity index (χ4v) is 2.71. The Morgan fingerprint density at radius 3 is 2.08 bits per heavy atom. The lowest BCUT2D eigenvalue weighted by Gasteiger charge is -2.20. The van der Waals surface area contributed by atoms with Gasteiger partial charge in [0, 0.05) is 5.69 Å². The van der Waals surface area contributed by atoms with Gasteiger partial charge in [0.1, 0.15) is 5.82 Å². The fraction of sp³-hybridized carbons (Fsp3) is 0.333. The number of ether oxygens (including phenoxy) is 1. The molecule has 0 aromatic heterocycles. The van der Waals surface area contributed by atoms with Crippen LogP contribution in [0.25, 0.3) is 0 Å². The average molecular weight is 357 g/mol. The van der Waals surface area contributed by atoms with Gasteiger partial charge in [-0.2, -0.15) is 0 Å². The number of nitrogens with one attached hydrogen (secondary N) is 1. The predicted octanol–water partition coefficient (Wildman–Crippen LogP) is 4.87. The highest BCUT2D eigenvalue weighted by atomic mass is 19.1. The van der Waals surface area contributed by atoms with Crippen molar-refractivity contribution in [3.63, 3.8) is 0 Å². The van der Waals surface area contributed by atoms with E-state index in [-0.39, 0.29) is 17.4 Å². The van der Waals surface area contributed by atoms with Gasteiger partial charge in [0.15, 0.2) is 6.61 Å². The Hall–Kier alpha value is -2.69. The number of benzene rings is 2. The van der Waals surface area contributed by atoms with Crippen LogP contribution < -0.4 is 5.32 Å². The highest BCUT2D eigenvalue weighted by Gasteiger charge is 2.18. The lowest BCUT2D eigenvalue weighted by atomic mass is 9.92. The summed E-state index contributed by atoms with van der Waals surface area (Å²) in [5.74, 6) is -1.54. The molecule has 138 valence electrons. The van der Waals surface area contributed by atoms with Crippen LogP contribution in [0.2, 0.25) is 0 Å². The fourth-order valence-electron chi connectivity index (χ4n) is 2.71. The second-order valence-corrected chi connectivity index (χ2v) is 6.73. The minimum atomic E-state index is -0.862. The topological polar surface area (TPSA) is 55.4 Å². The number of para-hydroxylation sites is 1. The third kappa shape index (κ3) is 4.69. The molecule has 1 N–H and O–H groups in total. The summed E-state index contributed by atoms with van der Waals surface area (Å²) in [6.07, 6.45) is 0. The van der Waals surface area contributed by atoms with Gasteiger partial charge in [-0.25, -0.2) is 9.18 Å². The van der Waals surface area contributed by atoms with Crippen molar-refractivity contribution in [2.45, 2.75) is 39.5 Å². The summed E-state index contributed by atoms with van der Waals surface area (Å²) < 4.78 is 18.5. The molecule has 0 unspecified atom stereocenters. The van der Waals surface area contributed by atoms with E-state index in [1.54, 1.807) is 0 Å². The van der Waals surface area contributed by atoms with Gasteiger partial charge in [0.25, 0.3) is 5.91 Å². The standard InChI is InChI=1S/C21H24FNO3/c1-13(2)15-9-7-10-16(14(3)4)20(15)23-19(24)12-26-21(25)17-8-5-6-11-18(17)22/h5-11,13-14H,12H2,1-4H3,(H,23,24). The first kappa shape index (κ1) is 19.6. The molecule has 0 saturated carbocycles. The molecule has 0 aliphatic heterocycles. The first-order valence-electron chi connectivity index (χ1n) is 8.65. The van der Waals surface area contributed by atoms with Gasteiger partial charge in [0.05, 0.1) is 5.56 Å². The normalized spacial score (nSPS) is 10.9. The van der Waals surface area contributed by atoms with Crippen LogP contribution >= 0.6 is 0 Å². The van der Waals surface area contributed by atoms with Crippen molar-refractivity contribution in [1.82, 2.24) is 0 Å². The summed E-state index contributed by atoms with van der Waals surface area (Å²) in [6, 6.07) is 11.4. The number of rotatable bonds is 6. The van der Waals surface area contributed by atoms with E-state index in [2.05, 4.69) is 5.32 Å². The van der Waals surface area contributed by atoms with E-state index in [9.17, 15) is 14.0 Å². The Labute approximate surface area is 153 Å². The molecule has 0 bridgehead atoms. The zero-order valence-corrected chi connectivity index (χ0v) is 15.5. The zero-order valence-electron chi connectivity index (χ0n) is 15.5. The van der Waals surface area contributed by atoms with Crippen LogP contribution in [0.5, 0.6) is 0 Å². The summed E-state index contributed by atoms with van der Waals surface area (Å²) >= 11 is 0. The smallest absolute Gasteiger partial charge is 0.341 e. The van der Waals surface area contributed by atoms with Crippen molar-refractivity contribution < 1.29 is 18.7 Å². The molecule has 5 heteroatoms. The maximum atomic E-state index is 13.6. The molecule has 1 amide bonds. The Kier molecular flexibility index (Phi) is 6.50. The molecular weight excluding hydrogens is 333 g/mol. The van der Waals surface area contributed by atoms with E-state index in [0.717, 1.165) is 16.8 Å². The summed E-state index contributed by atoms with van der Waals surface area (Å²) in [4.78, 5) is 24.2. The highest BCUT2D eigenvalue weighted by Crippen LogP contribution is 2.32. The minimum absolute atomic E-state index is 0.189. The van der Waals surface area contributed by atoms with Gasteiger partial charge < -0.3 is 10.1 Å². The molecular formula is C21H24FNO3. The van der Waals surface area contributed by atoms with Gasteiger partial charge in [0.2, 0.25) is 0 Å². The summed E-state index contributed by atoms with van der Waals surface area (Å²) in [5.41, 5.74) is 2.60. The minimum Gasteiger partial charge on any atom is -0.452 e. The van der Waals surface area contributed by atoms with Crippen LogP contribution in [0.3, 0.4) is 0 Å². The van der Waals surface area contributed by atoms with Gasteiger partial charge in [-0.1, -0.05) is 58.0 Å². The molecule has 0 atom stereocenters. The van der Waals surface area contributed by atoms with Crippen molar-refractivity contribution >= 4 is 17.6 Å². The number of carbonyl (C=O) groups excluding carboxylic acids is 2. The van der Waals surface area contributed by atoms with E-state index in [0.29, 0.717) is 0 Å². The number of esters is 1. The summed E-state index contributed by atoms with van der Waals surface area (Å²) in [6.45, 7) is 7.72. The molecule has 0 radical (unpaired) electrons. The summed E-state index contributed by atoms with van der Waals surface area (Å²) in [5, 5.41) is 2.85. The molecule has 0 spiro atoms. The van der Waals surface area contributed by atoms with Gasteiger partial charge in [-0.15, -0.1) is 0 Å². The van der Waals surface area contributed by atoms with Crippen molar-refractivity contribution in [2.24, 2.45) is 0 Å². The molecule has 2 aromatic rings. The molecule has 0 aliphatic rings. The van der Waals surface area contributed by atoms with Gasteiger partial charge >= 0.3 is 5.97 Å². The Balaban J connectivity index is 2.11. The molecule has 0 fully saturated rings. The lowest BCUT2D eigenvalue weighted by Crippen LogP contribution is -2.23. The molecule has 0 aliphatic carbocycles. The largest absolute Gasteiger partial charge is 0.452 e. The van der Waals surface area contributed by atoms with Crippen molar-refractivity contribution in [3.05, 3.63) is 65.0 Å². The Bertz CT molecular complexity index is 773. The SMILES string of the molecule is CC(C)c1cccc(C(C)C)c1NC(=O)COC(=O)c1ccccc1F. The number of halogens is 1. The van der Waals surface area contributed by atoms with E-state index < -0.39 is 24.3 Å². The number of amides is 1. The molecule has 0 saturated heterocycles. The highest BCUT2D eigenvalue weighted by molar-refractivity contribution is 5.96. The van der Waals surface area contributed by atoms with Crippen molar-refractivity contribution in [2.75, 3.05) is 11.9 Å². The van der Waals surface area contributed by atoms with E-state index in [4.69, 9.17) is 4.74 Å². The second-order valence-electron chi connectivity index (χ2n) is 6.73.